The number of hydrogen-bond donors (Lipinski definition) is 1. The first-order chi connectivity index (χ1) is 10.3. The molecule has 0 radical (unpaired) electrons. The Kier molecular flexibility index (Phi) is 3.32. The Balaban J connectivity index is 1.90. The highest BCUT2D eigenvalue weighted by atomic mass is 32.1. The van der Waals surface area contributed by atoms with E-state index in [1.807, 2.05) is 11.3 Å². The van der Waals surface area contributed by atoms with Crippen molar-refractivity contribution in [1.29, 1.82) is 0 Å². The van der Waals surface area contributed by atoms with Gasteiger partial charge in [-0.05, 0) is 50.4 Å². The van der Waals surface area contributed by atoms with E-state index in [1.165, 1.54) is 53.0 Å². The summed E-state index contributed by atoms with van der Waals surface area (Å²) in [5, 5.41) is 3.57. The van der Waals surface area contributed by atoms with Crippen LogP contribution < -0.4 is 0 Å². The number of aryl methyl sites for hydroxylation is 1. The van der Waals surface area contributed by atoms with Crippen molar-refractivity contribution in [2.75, 3.05) is 13.1 Å². The Bertz CT molecular complexity index is 736. The summed E-state index contributed by atoms with van der Waals surface area (Å²) in [6, 6.07) is 13.6. The van der Waals surface area contributed by atoms with Crippen molar-refractivity contribution in [2.24, 2.45) is 0 Å². The molecule has 2 nitrogen and oxygen atoms in total. The van der Waals surface area contributed by atoms with Crippen LogP contribution in [0.5, 0.6) is 0 Å². The number of thiophene rings is 1. The molecule has 2 aromatic heterocycles. The molecule has 1 aromatic carbocycles. The summed E-state index contributed by atoms with van der Waals surface area (Å²) in [5.41, 5.74) is 4.03. The van der Waals surface area contributed by atoms with E-state index in [1.54, 1.807) is 0 Å². The molecule has 4 rings (SSSR count). The standard InChI is InChI=1S/C18H20N2S/c1-13-17(14-7-2-3-8-15(14)19-13)18(16-9-6-12-21-16)20-10-4-5-11-20/h2-3,6-9,12,18-19H,4-5,10-11H2,1H3/t18-/m0/s1. The number of aromatic amines is 1. The van der Waals surface area contributed by atoms with Gasteiger partial charge in [0.15, 0.2) is 0 Å². The van der Waals surface area contributed by atoms with Gasteiger partial charge < -0.3 is 4.98 Å². The summed E-state index contributed by atoms with van der Waals surface area (Å²) in [6.07, 6.45) is 2.65. The van der Waals surface area contributed by atoms with Crippen molar-refractivity contribution >= 4 is 22.2 Å². The molecule has 3 heteroatoms. The van der Waals surface area contributed by atoms with E-state index in [4.69, 9.17) is 0 Å². The highest BCUT2D eigenvalue weighted by Gasteiger charge is 2.29. The van der Waals surface area contributed by atoms with Gasteiger partial charge in [0.05, 0.1) is 6.04 Å². The number of nitrogens with one attached hydrogen (secondary N) is 1. The molecule has 3 heterocycles. The maximum absolute atomic E-state index is 3.57. The van der Waals surface area contributed by atoms with Crippen molar-refractivity contribution in [3.05, 3.63) is 57.9 Å². The molecule has 1 fully saturated rings. The maximum atomic E-state index is 3.57. The number of benzene rings is 1. The molecule has 108 valence electrons. The summed E-state index contributed by atoms with van der Waals surface area (Å²) in [4.78, 5) is 7.68. The first-order valence-electron chi connectivity index (χ1n) is 7.69. The number of rotatable bonds is 3. The second kappa shape index (κ2) is 5.32. The van der Waals surface area contributed by atoms with Gasteiger partial charge in [0.1, 0.15) is 0 Å². The SMILES string of the molecule is Cc1[nH]c2ccccc2c1[C@H](c1cccs1)N1CCCC1. The molecule has 0 saturated carbocycles. The molecule has 3 aromatic rings. The summed E-state index contributed by atoms with van der Waals surface area (Å²) in [5.74, 6) is 0. The smallest absolute Gasteiger partial charge is 0.0719 e. The molecule has 1 aliphatic heterocycles. The molecule has 1 N–H and O–H groups in total. The van der Waals surface area contributed by atoms with Crippen LogP contribution in [0, 0.1) is 6.92 Å². The Morgan fingerprint density at radius 2 is 1.90 bits per heavy atom. The van der Waals surface area contributed by atoms with E-state index in [-0.39, 0.29) is 0 Å². The number of fused-ring (bicyclic) bond motifs is 1. The normalized spacial score (nSPS) is 17.6. The number of H-pyrrole nitrogens is 1. The molecule has 0 aliphatic carbocycles. The van der Waals surface area contributed by atoms with Gasteiger partial charge in [-0.3, -0.25) is 4.90 Å². The van der Waals surface area contributed by atoms with E-state index in [0.29, 0.717) is 6.04 Å². The average molecular weight is 296 g/mol. The lowest BCUT2D eigenvalue weighted by atomic mass is 10.0. The van der Waals surface area contributed by atoms with Crippen LogP contribution in [-0.2, 0) is 0 Å². The Labute approximate surface area is 129 Å². The van der Waals surface area contributed by atoms with Gasteiger partial charge in [-0.1, -0.05) is 24.3 Å². The van der Waals surface area contributed by atoms with Crippen LogP contribution in [0.4, 0.5) is 0 Å². The molecule has 1 saturated heterocycles. The topological polar surface area (TPSA) is 19.0 Å². The van der Waals surface area contributed by atoms with Gasteiger partial charge >= 0.3 is 0 Å². The fraction of sp³-hybridized carbons (Fsp3) is 0.333. The van der Waals surface area contributed by atoms with Crippen LogP contribution >= 0.6 is 11.3 Å². The third-order valence-corrected chi connectivity index (χ3v) is 5.46. The van der Waals surface area contributed by atoms with Gasteiger partial charge in [0, 0.05) is 27.0 Å². The van der Waals surface area contributed by atoms with Gasteiger partial charge in [0.25, 0.3) is 0 Å². The third-order valence-electron chi connectivity index (χ3n) is 4.54. The predicted octanol–water partition coefficient (Wildman–Crippen LogP) is 4.72. The second-order valence-corrected chi connectivity index (χ2v) is 6.85. The number of likely N-dealkylation sites (tertiary alicyclic amines) is 1. The maximum Gasteiger partial charge on any atom is 0.0719 e. The molecule has 1 aliphatic rings. The van der Waals surface area contributed by atoms with E-state index in [2.05, 4.69) is 58.6 Å². The van der Waals surface area contributed by atoms with Gasteiger partial charge in [-0.2, -0.15) is 0 Å². The lowest BCUT2D eigenvalue weighted by molar-refractivity contribution is 0.285. The van der Waals surface area contributed by atoms with Crippen molar-refractivity contribution in [3.8, 4) is 0 Å². The fourth-order valence-corrected chi connectivity index (χ4v) is 4.47. The zero-order valence-electron chi connectivity index (χ0n) is 12.3. The van der Waals surface area contributed by atoms with Crippen molar-refractivity contribution < 1.29 is 0 Å². The highest BCUT2D eigenvalue weighted by molar-refractivity contribution is 7.10. The molecule has 1 atom stereocenters. The molecular weight excluding hydrogens is 276 g/mol. The fourth-order valence-electron chi connectivity index (χ4n) is 3.60. The summed E-state index contributed by atoms with van der Waals surface area (Å²) in [7, 11) is 0. The number of hydrogen-bond acceptors (Lipinski definition) is 2. The van der Waals surface area contributed by atoms with Crippen LogP contribution in [0.3, 0.4) is 0 Å². The largest absolute Gasteiger partial charge is 0.358 e. The van der Waals surface area contributed by atoms with Gasteiger partial charge in [-0.25, -0.2) is 0 Å². The monoisotopic (exact) mass is 296 g/mol. The van der Waals surface area contributed by atoms with E-state index in [9.17, 15) is 0 Å². The first kappa shape index (κ1) is 13.1. The minimum atomic E-state index is 0.406. The zero-order chi connectivity index (χ0) is 14.2. The van der Waals surface area contributed by atoms with Gasteiger partial charge in [-0.15, -0.1) is 11.3 Å². The molecule has 0 spiro atoms. The lowest BCUT2D eigenvalue weighted by Crippen LogP contribution is -2.26. The van der Waals surface area contributed by atoms with E-state index in [0.717, 1.165) is 0 Å². The average Bonchev–Trinajstić information content (AvgIpc) is 3.22. The quantitative estimate of drug-likeness (QED) is 0.740. The second-order valence-electron chi connectivity index (χ2n) is 5.87. The summed E-state index contributed by atoms with van der Waals surface area (Å²) < 4.78 is 0. The number of nitrogens with zero attached hydrogens (tertiary/aromatic N) is 1. The van der Waals surface area contributed by atoms with Gasteiger partial charge in [0.2, 0.25) is 0 Å². The van der Waals surface area contributed by atoms with Crippen molar-refractivity contribution in [3.63, 3.8) is 0 Å². The lowest BCUT2D eigenvalue weighted by Gasteiger charge is -2.27. The van der Waals surface area contributed by atoms with Crippen molar-refractivity contribution in [1.82, 2.24) is 9.88 Å². The van der Waals surface area contributed by atoms with E-state index >= 15 is 0 Å². The van der Waals surface area contributed by atoms with Crippen LogP contribution in [-0.4, -0.2) is 23.0 Å². The Morgan fingerprint density at radius 3 is 2.67 bits per heavy atom. The number of aromatic nitrogens is 1. The van der Waals surface area contributed by atoms with Crippen LogP contribution in [0.15, 0.2) is 41.8 Å². The van der Waals surface area contributed by atoms with E-state index < -0.39 is 0 Å². The third kappa shape index (κ3) is 2.21. The van der Waals surface area contributed by atoms with Crippen molar-refractivity contribution in [2.45, 2.75) is 25.8 Å². The highest BCUT2D eigenvalue weighted by Crippen LogP contribution is 2.39. The summed E-state index contributed by atoms with van der Waals surface area (Å²) >= 11 is 1.88. The Hall–Kier alpha value is -1.58. The molecule has 0 amide bonds. The Morgan fingerprint density at radius 1 is 1.10 bits per heavy atom. The minimum Gasteiger partial charge on any atom is -0.358 e. The van der Waals surface area contributed by atoms with Crippen LogP contribution in [0.2, 0.25) is 0 Å². The van der Waals surface area contributed by atoms with Crippen LogP contribution in [0.1, 0.15) is 35.0 Å². The predicted molar refractivity (Wildman–Crippen MR) is 90.0 cm³/mol. The molecular formula is C18H20N2S. The molecule has 21 heavy (non-hydrogen) atoms. The zero-order valence-corrected chi connectivity index (χ0v) is 13.1. The first-order valence-corrected chi connectivity index (χ1v) is 8.57. The van der Waals surface area contributed by atoms with Crippen LogP contribution in [0.25, 0.3) is 10.9 Å². The summed E-state index contributed by atoms with van der Waals surface area (Å²) in [6.45, 7) is 4.63. The molecule has 0 bridgehead atoms. The number of para-hydroxylation sites is 1. The molecule has 0 unspecified atom stereocenters. The minimum absolute atomic E-state index is 0.406.